The van der Waals surface area contributed by atoms with Gasteiger partial charge in [0.2, 0.25) is 0 Å². The molecule has 2 aromatic carbocycles. The Morgan fingerprint density at radius 2 is 1.78 bits per heavy atom. The summed E-state index contributed by atoms with van der Waals surface area (Å²) in [4.78, 5) is 12.3. The highest BCUT2D eigenvalue weighted by Gasteiger charge is 2.47. The summed E-state index contributed by atoms with van der Waals surface area (Å²) < 4.78 is 45.3. The summed E-state index contributed by atoms with van der Waals surface area (Å²) in [5.41, 5.74) is -0.412. The summed E-state index contributed by atoms with van der Waals surface area (Å²) in [7, 11) is 1.52. The van der Waals surface area contributed by atoms with Crippen molar-refractivity contribution in [2.75, 3.05) is 7.11 Å². The van der Waals surface area contributed by atoms with Gasteiger partial charge in [0, 0.05) is 5.56 Å². The lowest BCUT2D eigenvalue weighted by atomic mass is 10.0. The highest BCUT2D eigenvalue weighted by atomic mass is 19.2. The van der Waals surface area contributed by atoms with E-state index in [1.165, 1.54) is 7.11 Å². The number of para-hydroxylation sites is 1. The first-order valence-corrected chi connectivity index (χ1v) is 7.08. The molecule has 3 rings (SSSR count). The number of rotatable bonds is 4. The highest BCUT2D eigenvalue weighted by Crippen LogP contribution is 2.49. The third-order valence-corrected chi connectivity index (χ3v) is 4.01. The molecule has 0 aromatic heterocycles. The Morgan fingerprint density at radius 1 is 1.09 bits per heavy atom. The summed E-state index contributed by atoms with van der Waals surface area (Å²) in [5.74, 6) is -4.65. The third kappa shape index (κ3) is 2.65. The van der Waals surface area contributed by atoms with Gasteiger partial charge in [0.15, 0.2) is 17.5 Å². The number of hydrogen-bond donors (Lipinski definition) is 1. The van der Waals surface area contributed by atoms with Crippen LogP contribution in [0.1, 0.15) is 28.8 Å². The van der Waals surface area contributed by atoms with Crippen molar-refractivity contribution in [1.82, 2.24) is 5.32 Å². The molecular formula is C17H14F3NO2. The van der Waals surface area contributed by atoms with Crippen LogP contribution >= 0.6 is 0 Å². The Bertz CT molecular complexity index is 772. The zero-order chi connectivity index (χ0) is 16.6. The molecule has 0 radical (unpaired) electrons. The Hall–Kier alpha value is -2.50. The molecule has 1 aliphatic carbocycles. The van der Waals surface area contributed by atoms with E-state index >= 15 is 0 Å². The third-order valence-electron chi connectivity index (χ3n) is 4.01. The first-order valence-electron chi connectivity index (χ1n) is 7.08. The molecule has 0 aliphatic heterocycles. The summed E-state index contributed by atoms with van der Waals surface area (Å²) in [6, 6.07) is 8.85. The fraction of sp³-hybridized carbons (Fsp3) is 0.235. The Kier molecular flexibility index (Phi) is 3.75. The molecule has 1 fully saturated rings. The zero-order valence-corrected chi connectivity index (χ0v) is 12.3. The maximum absolute atomic E-state index is 13.8. The Labute approximate surface area is 131 Å². The molecule has 0 spiro atoms. The molecule has 0 unspecified atom stereocenters. The van der Waals surface area contributed by atoms with Crippen molar-refractivity contribution in [3.8, 4) is 5.75 Å². The number of nitrogens with one attached hydrogen (secondary N) is 1. The summed E-state index contributed by atoms with van der Waals surface area (Å²) in [5, 5.41) is 2.71. The molecule has 1 amide bonds. The second-order valence-corrected chi connectivity index (χ2v) is 5.46. The van der Waals surface area contributed by atoms with E-state index in [4.69, 9.17) is 4.74 Å². The van der Waals surface area contributed by atoms with E-state index in [1.54, 1.807) is 12.1 Å². The van der Waals surface area contributed by atoms with Crippen LogP contribution in [-0.2, 0) is 5.54 Å². The topological polar surface area (TPSA) is 38.3 Å². The number of amides is 1. The van der Waals surface area contributed by atoms with Gasteiger partial charge in [0.1, 0.15) is 5.75 Å². The average molecular weight is 321 g/mol. The number of ether oxygens (including phenoxy) is 1. The van der Waals surface area contributed by atoms with Crippen LogP contribution in [0.3, 0.4) is 0 Å². The molecule has 0 heterocycles. The molecule has 23 heavy (non-hydrogen) atoms. The molecule has 0 atom stereocenters. The van der Waals surface area contributed by atoms with Crippen molar-refractivity contribution in [3.05, 3.63) is 65.0 Å². The van der Waals surface area contributed by atoms with Gasteiger partial charge in [-0.2, -0.15) is 0 Å². The van der Waals surface area contributed by atoms with Crippen molar-refractivity contribution in [1.29, 1.82) is 0 Å². The Balaban J connectivity index is 1.90. The predicted octanol–water partition coefficient (Wildman–Crippen LogP) is 3.53. The number of carbonyl (C=O) groups excluding carboxylic acids is 1. The van der Waals surface area contributed by atoms with E-state index in [-0.39, 0.29) is 0 Å². The molecule has 0 bridgehead atoms. The SMILES string of the molecule is COc1ccccc1C1(NC(=O)c2ccc(F)c(F)c2F)CC1. The average Bonchev–Trinajstić information content (AvgIpc) is 3.33. The van der Waals surface area contributed by atoms with Crippen LogP contribution in [0.2, 0.25) is 0 Å². The minimum atomic E-state index is -1.65. The summed E-state index contributed by atoms with van der Waals surface area (Å²) >= 11 is 0. The minimum Gasteiger partial charge on any atom is -0.496 e. The fourth-order valence-corrected chi connectivity index (χ4v) is 2.61. The molecule has 6 heteroatoms. The lowest BCUT2D eigenvalue weighted by molar-refractivity contribution is 0.0925. The number of benzene rings is 2. The number of carbonyl (C=O) groups is 1. The van der Waals surface area contributed by atoms with E-state index < -0.39 is 34.5 Å². The molecule has 1 N–H and O–H groups in total. The number of halogens is 3. The van der Waals surface area contributed by atoms with Gasteiger partial charge >= 0.3 is 0 Å². The predicted molar refractivity (Wildman–Crippen MR) is 77.7 cm³/mol. The summed E-state index contributed by atoms with van der Waals surface area (Å²) in [6.45, 7) is 0. The van der Waals surface area contributed by atoms with Crippen LogP contribution in [0, 0.1) is 17.5 Å². The van der Waals surface area contributed by atoms with E-state index in [0.717, 1.165) is 17.7 Å². The first-order chi connectivity index (χ1) is 11.0. The van der Waals surface area contributed by atoms with Gasteiger partial charge in [-0.05, 0) is 31.0 Å². The quantitative estimate of drug-likeness (QED) is 0.875. The van der Waals surface area contributed by atoms with Gasteiger partial charge in [-0.25, -0.2) is 13.2 Å². The largest absolute Gasteiger partial charge is 0.496 e. The molecule has 120 valence electrons. The second-order valence-electron chi connectivity index (χ2n) is 5.46. The van der Waals surface area contributed by atoms with Gasteiger partial charge in [0.05, 0.1) is 18.2 Å². The standard InChI is InChI=1S/C17H14F3NO2/c1-23-13-5-3-2-4-11(13)17(8-9-17)21-16(22)10-6-7-12(18)15(20)14(10)19/h2-7H,8-9H2,1H3,(H,21,22). The van der Waals surface area contributed by atoms with Gasteiger partial charge in [-0.15, -0.1) is 0 Å². The van der Waals surface area contributed by atoms with Gasteiger partial charge in [0.25, 0.3) is 5.91 Å². The number of hydrogen-bond acceptors (Lipinski definition) is 2. The zero-order valence-electron chi connectivity index (χ0n) is 12.3. The highest BCUT2D eigenvalue weighted by molar-refractivity contribution is 5.95. The van der Waals surface area contributed by atoms with Crippen molar-refractivity contribution in [2.45, 2.75) is 18.4 Å². The van der Waals surface area contributed by atoms with Crippen molar-refractivity contribution < 1.29 is 22.7 Å². The van der Waals surface area contributed by atoms with Crippen molar-refractivity contribution >= 4 is 5.91 Å². The lowest BCUT2D eigenvalue weighted by Crippen LogP contribution is -2.35. The molecule has 3 nitrogen and oxygen atoms in total. The van der Waals surface area contributed by atoms with Crippen LogP contribution in [0.4, 0.5) is 13.2 Å². The van der Waals surface area contributed by atoms with Crippen molar-refractivity contribution in [3.63, 3.8) is 0 Å². The second kappa shape index (κ2) is 5.61. The smallest absolute Gasteiger partial charge is 0.255 e. The van der Waals surface area contributed by atoms with Crippen LogP contribution in [0.25, 0.3) is 0 Å². The van der Waals surface area contributed by atoms with E-state index in [1.807, 2.05) is 12.1 Å². The monoisotopic (exact) mass is 321 g/mol. The van der Waals surface area contributed by atoms with Gasteiger partial charge < -0.3 is 10.1 Å². The fourth-order valence-electron chi connectivity index (χ4n) is 2.61. The van der Waals surface area contributed by atoms with Crippen LogP contribution in [0.15, 0.2) is 36.4 Å². The minimum absolute atomic E-state index is 0.523. The van der Waals surface area contributed by atoms with Gasteiger partial charge in [-0.1, -0.05) is 18.2 Å². The molecule has 1 saturated carbocycles. The maximum atomic E-state index is 13.8. The van der Waals surface area contributed by atoms with Crippen LogP contribution in [0.5, 0.6) is 5.75 Å². The molecule has 0 saturated heterocycles. The van der Waals surface area contributed by atoms with E-state index in [0.29, 0.717) is 18.6 Å². The van der Waals surface area contributed by atoms with E-state index in [2.05, 4.69) is 5.32 Å². The molecule has 2 aromatic rings. The molecule has 1 aliphatic rings. The molecular weight excluding hydrogens is 307 g/mol. The van der Waals surface area contributed by atoms with E-state index in [9.17, 15) is 18.0 Å². The first kappa shape index (κ1) is 15.4. The summed E-state index contributed by atoms with van der Waals surface area (Å²) in [6.07, 6.45) is 1.31. The lowest BCUT2D eigenvalue weighted by Gasteiger charge is -2.20. The number of methoxy groups -OCH3 is 1. The van der Waals surface area contributed by atoms with Gasteiger partial charge in [-0.3, -0.25) is 4.79 Å². The van der Waals surface area contributed by atoms with Crippen LogP contribution < -0.4 is 10.1 Å². The maximum Gasteiger partial charge on any atom is 0.255 e. The van der Waals surface area contributed by atoms with Crippen molar-refractivity contribution in [2.24, 2.45) is 0 Å². The normalized spacial score (nSPS) is 15.1. The Morgan fingerprint density at radius 3 is 2.43 bits per heavy atom. The van der Waals surface area contributed by atoms with Crippen LogP contribution in [-0.4, -0.2) is 13.0 Å².